The molecule has 5 heteroatoms. The highest BCUT2D eigenvalue weighted by Crippen LogP contribution is 2.32. The molecule has 1 N–H and O–H groups in total. The number of hydrogen-bond donors (Lipinski definition) is 1. The number of methoxy groups -OCH3 is 1. The van der Waals surface area contributed by atoms with E-state index in [-0.39, 0.29) is 12.0 Å². The molecule has 3 rings (SSSR count). The van der Waals surface area contributed by atoms with Gasteiger partial charge >= 0.3 is 0 Å². The minimum absolute atomic E-state index is 0.104. The largest absolute Gasteiger partial charge is 0.497 e. The Labute approximate surface area is 144 Å². The summed E-state index contributed by atoms with van der Waals surface area (Å²) in [6, 6.07) is 8.72. The molecule has 3 atom stereocenters. The minimum Gasteiger partial charge on any atom is -0.497 e. The predicted octanol–water partition coefficient (Wildman–Crippen LogP) is 2.17. The van der Waals surface area contributed by atoms with Crippen LogP contribution in [0.15, 0.2) is 24.3 Å². The van der Waals surface area contributed by atoms with Gasteiger partial charge in [-0.3, -0.25) is 9.69 Å². The highest BCUT2D eigenvalue weighted by molar-refractivity contribution is 5.78. The molecule has 5 nitrogen and oxygen atoms in total. The summed E-state index contributed by atoms with van der Waals surface area (Å²) in [4.78, 5) is 14.5. The molecule has 2 fully saturated rings. The number of rotatable bonds is 6. The van der Waals surface area contributed by atoms with Crippen molar-refractivity contribution in [2.24, 2.45) is 0 Å². The number of nitrogens with zero attached hydrogens (tertiary/aromatic N) is 1. The van der Waals surface area contributed by atoms with E-state index in [0.717, 1.165) is 38.2 Å². The zero-order valence-electron chi connectivity index (χ0n) is 14.7. The molecule has 0 radical (unpaired) electrons. The van der Waals surface area contributed by atoms with Crippen LogP contribution in [0.2, 0.25) is 0 Å². The van der Waals surface area contributed by atoms with Crippen LogP contribution in [0.1, 0.15) is 37.7 Å². The second kappa shape index (κ2) is 7.99. The fraction of sp³-hybridized carbons (Fsp3) is 0.632. The van der Waals surface area contributed by atoms with Crippen LogP contribution in [0.25, 0.3) is 0 Å². The number of likely N-dealkylation sites (tertiary alicyclic amines) is 1. The molecule has 1 amide bonds. The molecule has 0 unspecified atom stereocenters. The van der Waals surface area contributed by atoms with Crippen LogP contribution < -0.4 is 10.1 Å². The van der Waals surface area contributed by atoms with Gasteiger partial charge in [-0.1, -0.05) is 12.1 Å². The number of benzene rings is 1. The molecule has 132 valence electrons. The summed E-state index contributed by atoms with van der Waals surface area (Å²) in [6.45, 7) is 5.08. The third-order valence-electron chi connectivity index (χ3n) is 5.19. The van der Waals surface area contributed by atoms with E-state index >= 15 is 0 Å². The SMILES string of the molecule is COc1ccc([C@@H]2C[C@H](C)N(CC(=O)NC[C@@H]3CCCO3)C2)cc1. The summed E-state index contributed by atoms with van der Waals surface area (Å²) in [5.74, 6) is 1.47. The minimum atomic E-state index is 0.104. The quantitative estimate of drug-likeness (QED) is 0.867. The van der Waals surface area contributed by atoms with Crippen molar-refractivity contribution >= 4 is 5.91 Å². The average Bonchev–Trinajstić information content (AvgIpc) is 3.23. The molecule has 0 bridgehead atoms. The molecule has 1 aromatic carbocycles. The average molecular weight is 332 g/mol. The Hall–Kier alpha value is -1.59. The van der Waals surface area contributed by atoms with Crippen molar-refractivity contribution < 1.29 is 14.3 Å². The van der Waals surface area contributed by atoms with Gasteiger partial charge in [0.2, 0.25) is 5.91 Å². The monoisotopic (exact) mass is 332 g/mol. The van der Waals surface area contributed by atoms with Gasteiger partial charge in [-0.25, -0.2) is 0 Å². The van der Waals surface area contributed by atoms with Crippen molar-refractivity contribution in [3.8, 4) is 5.75 Å². The molecule has 0 spiro atoms. The summed E-state index contributed by atoms with van der Waals surface area (Å²) >= 11 is 0. The van der Waals surface area contributed by atoms with Crippen molar-refractivity contribution in [3.63, 3.8) is 0 Å². The van der Waals surface area contributed by atoms with Crippen LogP contribution in [-0.4, -0.2) is 56.3 Å². The second-order valence-electron chi connectivity index (χ2n) is 6.92. The van der Waals surface area contributed by atoms with Crippen LogP contribution in [0, 0.1) is 0 Å². The van der Waals surface area contributed by atoms with Crippen molar-refractivity contribution in [1.29, 1.82) is 0 Å². The van der Waals surface area contributed by atoms with Gasteiger partial charge in [0, 0.05) is 25.7 Å². The highest BCUT2D eigenvalue weighted by atomic mass is 16.5. The Morgan fingerprint density at radius 1 is 1.38 bits per heavy atom. The molecule has 24 heavy (non-hydrogen) atoms. The maximum atomic E-state index is 12.2. The number of carbonyl (C=O) groups is 1. The van der Waals surface area contributed by atoms with Gasteiger partial charge in [0.25, 0.3) is 0 Å². The fourth-order valence-electron chi connectivity index (χ4n) is 3.71. The standard InChI is InChI=1S/C19H28N2O3/c1-14-10-16(15-5-7-17(23-2)8-6-15)12-21(14)13-19(22)20-11-18-4-3-9-24-18/h5-8,14,16,18H,3-4,9-13H2,1-2H3,(H,20,22)/t14-,16+,18-/m0/s1. The van der Waals surface area contributed by atoms with Crippen LogP contribution >= 0.6 is 0 Å². The number of carbonyl (C=O) groups excluding carboxylic acids is 1. The predicted molar refractivity (Wildman–Crippen MR) is 93.4 cm³/mol. The van der Waals surface area contributed by atoms with E-state index in [1.165, 1.54) is 5.56 Å². The number of ether oxygens (including phenoxy) is 2. The molecular formula is C19H28N2O3. The summed E-state index contributed by atoms with van der Waals surface area (Å²) in [7, 11) is 1.68. The summed E-state index contributed by atoms with van der Waals surface area (Å²) in [5.41, 5.74) is 1.32. The van der Waals surface area contributed by atoms with Gasteiger partial charge < -0.3 is 14.8 Å². The Kier molecular flexibility index (Phi) is 5.74. The van der Waals surface area contributed by atoms with Gasteiger partial charge in [-0.2, -0.15) is 0 Å². The molecule has 1 aromatic rings. The lowest BCUT2D eigenvalue weighted by Crippen LogP contribution is -2.41. The lowest BCUT2D eigenvalue weighted by Gasteiger charge is -2.21. The molecule has 0 aliphatic carbocycles. The van der Waals surface area contributed by atoms with E-state index < -0.39 is 0 Å². The zero-order valence-corrected chi connectivity index (χ0v) is 14.7. The lowest BCUT2D eigenvalue weighted by molar-refractivity contribution is -0.122. The van der Waals surface area contributed by atoms with Crippen molar-refractivity contribution in [3.05, 3.63) is 29.8 Å². The summed E-state index contributed by atoms with van der Waals surface area (Å²) < 4.78 is 10.8. The second-order valence-corrected chi connectivity index (χ2v) is 6.92. The first-order chi connectivity index (χ1) is 11.7. The van der Waals surface area contributed by atoms with Gasteiger partial charge in [0.1, 0.15) is 5.75 Å². The lowest BCUT2D eigenvalue weighted by atomic mass is 9.97. The first-order valence-corrected chi connectivity index (χ1v) is 8.92. The van der Waals surface area contributed by atoms with Gasteiger partial charge in [-0.15, -0.1) is 0 Å². The van der Waals surface area contributed by atoms with E-state index in [9.17, 15) is 4.79 Å². The highest BCUT2D eigenvalue weighted by Gasteiger charge is 2.31. The molecule has 0 aromatic heterocycles. The van der Waals surface area contributed by atoms with Crippen LogP contribution in [0.5, 0.6) is 5.75 Å². The van der Waals surface area contributed by atoms with Crippen molar-refractivity contribution in [1.82, 2.24) is 10.2 Å². The van der Waals surface area contributed by atoms with Crippen molar-refractivity contribution in [2.45, 2.75) is 44.2 Å². The number of amides is 1. The van der Waals surface area contributed by atoms with Gasteiger partial charge in [0.05, 0.1) is 19.8 Å². The molecule has 2 aliphatic heterocycles. The Morgan fingerprint density at radius 3 is 2.83 bits per heavy atom. The summed E-state index contributed by atoms with van der Waals surface area (Å²) in [6.07, 6.45) is 3.45. The number of nitrogens with one attached hydrogen (secondary N) is 1. The first-order valence-electron chi connectivity index (χ1n) is 8.92. The van der Waals surface area contributed by atoms with Crippen LogP contribution in [0.3, 0.4) is 0 Å². The van der Waals surface area contributed by atoms with Crippen LogP contribution in [-0.2, 0) is 9.53 Å². The van der Waals surface area contributed by atoms with E-state index in [4.69, 9.17) is 9.47 Å². The number of hydrogen-bond acceptors (Lipinski definition) is 4. The summed E-state index contributed by atoms with van der Waals surface area (Å²) in [5, 5.41) is 3.02. The molecule has 2 heterocycles. The van der Waals surface area contributed by atoms with E-state index in [1.54, 1.807) is 7.11 Å². The topological polar surface area (TPSA) is 50.8 Å². The Morgan fingerprint density at radius 2 is 2.17 bits per heavy atom. The van der Waals surface area contributed by atoms with Gasteiger partial charge in [-0.05, 0) is 49.8 Å². The third kappa shape index (κ3) is 4.28. The molecule has 0 saturated carbocycles. The normalized spacial score (nSPS) is 27.3. The molecule has 2 aliphatic rings. The zero-order chi connectivity index (χ0) is 16.9. The van der Waals surface area contributed by atoms with Crippen LogP contribution in [0.4, 0.5) is 0 Å². The van der Waals surface area contributed by atoms with Crippen molar-refractivity contribution in [2.75, 3.05) is 33.4 Å². The Balaban J connectivity index is 1.48. The van der Waals surface area contributed by atoms with E-state index in [2.05, 4.69) is 29.3 Å². The first kappa shape index (κ1) is 17.2. The van der Waals surface area contributed by atoms with E-state index in [1.807, 2.05) is 12.1 Å². The van der Waals surface area contributed by atoms with Gasteiger partial charge in [0.15, 0.2) is 0 Å². The van der Waals surface area contributed by atoms with E-state index in [0.29, 0.717) is 25.0 Å². The maximum Gasteiger partial charge on any atom is 0.234 e. The smallest absolute Gasteiger partial charge is 0.234 e. The molecule has 2 saturated heterocycles. The molecular weight excluding hydrogens is 304 g/mol. The maximum absolute atomic E-state index is 12.2. The Bertz CT molecular complexity index is 540. The third-order valence-corrected chi connectivity index (χ3v) is 5.19. The fourth-order valence-corrected chi connectivity index (χ4v) is 3.71.